The van der Waals surface area contributed by atoms with E-state index in [0.717, 1.165) is 24.3 Å². The summed E-state index contributed by atoms with van der Waals surface area (Å²) < 4.78 is 22.5. The molecule has 0 spiro atoms. The molecule has 13 nitrogen and oxygen atoms in total. The monoisotopic (exact) mass is 594 g/mol. The molecule has 2 aromatic rings. The van der Waals surface area contributed by atoms with E-state index in [1.807, 2.05) is 0 Å². The number of hydrogen-bond acceptors (Lipinski definition) is 13. The molecule has 5 rings (SSSR count). The van der Waals surface area contributed by atoms with Gasteiger partial charge in [-0.25, -0.2) is 4.79 Å². The van der Waals surface area contributed by atoms with Crippen molar-refractivity contribution in [1.29, 1.82) is 0 Å². The fourth-order valence-corrected chi connectivity index (χ4v) is 4.37. The Morgan fingerprint density at radius 1 is 0.837 bits per heavy atom. The van der Waals surface area contributed by atoms with Gasteiger partial charge in [0.25, 0.3) is 0 Å². The van der Waals surface area contributed by atoms with Crippen molar-refractivity contribution in [1.82, 2.24) is 0 Å². The number of esters is 1. The van der Waals surface area contributed by atoms with Crippen LogP contribution in [0.2, 0.25) is 0 Å². The molecule has 43 heavy (non-hydrogen) atoms. The molecule has 0 saturated carbocycles. The van der Waals surface area contributed by atoms with Gasteiger partial charge >= 0.3 is 5.97 Å². The molecule has 1 aliphatic carbocycles. The van der Waals surface area contributed by atoms with Crippen molar-refractivity contribution >= 4 is 12.0 Å². The maximum Gasteiger partial charge on any atom is 0.330 e. The number of benzene rings is 3. The van der Waals surface area contributed by atoms with Crippen molar-refractivity contribution in [3.8, 4) is 51.4 Å². The van der Waals surface area contributed by atoms with Crippen LogP contribution >= 0.6 is 0 Å². The molecule has 2 heterocycles. The summed E-state index contributed by atoms with van der Waals surface area (Å²) in [6, 6.07) is 13.0. The Kier molecular flexibility index (Phi) is 8.23. The van der Waals surface area contributed by atoms with Crippen LogP contribution in [0.15, 0.2) is 76.0 Å². The van der Waals surface area contributed by atoms with Gasteiger partial charge in [0, 0.05) is 23.8 Å². The molecular weight excluding hydrogens is 568 g/mol. The number of aliphatic hydroxyl groups is 3. The van der Waals surface area contributed by atoms with Crippen LogP contribution in [0.5, 0.6) is 28.7 Å². The fraction of sp³-hybridized carbons (Fsp3) is 0.200. The van der Waals surface area contributed by atoms with E-state index in [2.05, 4.69) is 0 Å². The van der Waals surface area contributed by atoms with Crippen LogP contribution in [0.1, 0.15) is 5.56 Å². The van der Waals surface area contributed by atoms with Crippen molar-refractivity contribution in [2.24, 2.45) is 0 Å². The molecule has 3 aliphatic rings. The molecule has 0 radical (unpaired) electrons. The molecule has 0 amide bonds. The second-order valence-electron chi connectivity index (χ2n) is 9.68. The van der Waals surface area contributed by atoms with E-state index in [1.165, 1.54) is 36.4 Å². The number of fused-ring (bicyclic) bond motifs is 1. The molecule has 0 aromatic heterocycles. The highest BCUT2D eigenvalue weighted by Gasteiger charge is 2.46. The van der Waals surface area contributed by atoms with Crippen LogP contribution in [0, 0.1) is 0 Å². The van der Waals surface area contributed by atoms with Crippen LogP contribution in [-0.4, -0.2) is 79.0 Å². The van der Waals surface area contributed by atoms with Crippen molar-refractivity contribution in [2.45, 2.75) is 30.7 Å². The first-order valence-corrected chi connectivity index (χ1v) is 12.8. The first kappa shape index (κ1) is 29.4. The van der Waals surface area contributed by atoms with Crippen LogP contribution in [0.25, 0.3) is 28.7 Å². The van der Waals surface area contributed by atoms with E-state index < -0.39 is 66.0 Å². The molecular formula is C30H26O13. The predicted octanol–water partition coefficient (Wildman–Crippen LogP) is 1.68. The van der Waals surface area contributed by atoms with E-state index in [1.54, 1.807) is 12.1 Å². The number of aliphatic hydroxyl groups excluding tert-OH is 3. The zero-order chi connectivity index (χ0) is 30.8. The minimum atomic E-state index is -1.81. The lowest BCUT2D eigenvalue weighted by Crippen LogP contribution is -2.60. The maximum atomic E-state index is 12.2. The lowest BCUT2D eigenvalue weighted by molar-refractivity contribution is -0.278. The first-order chi connectivity index (χ1) is 20.5. The summed E-state index contributed by atoms with van der Waals surface area (Å²) >= 11 is 0. The van der Waals surface area contributed by atoms with E-state index in [4.69, 9.17) is 18.6 Å². The van der Waals surface area contributed by atoms with Gasteiger partial charge in [0.2, 0.25) is 6.29 Å². The standard InChI is InChI=1S/C30H26O13/c31-16-5-1-14(2-6-16)3-8-25(36)40-13-24-26(37)27(38)28(39)30(43-24)42-23-12-18-20(34)10-17(32)11-22(18)41-29(23)15-4-7-19(33)21(35)9-15/h1-12,24,26-28,30-31,33-35,37-39H,13H2/b8-3+/t24-,26-,27+,28-,30-/m1/s1. The van der Waals surface area contributed by atoms with Crippen LogP contribution in [0.4, 0.5) is 0 Å². The molecule has 7 N–H and O–H groups in total. The van der Waals surface area contributed by atoms with Gasteiger partial charge < -0.3 is 54.4 Å². The quantitative estimate of drug-likeness (QED) is 0.0922. The zero-order valence-electron chi connectivity index (χ0n) is 22.1. The number of hydrogen-bond donors (Lipinski definition) is 7. The summed E-state index contributed by atoms with van der Waals surface area (Å²) in [5.74, 6) is -2.48. The van der Waals surface area contributed by atoms with Gasteiger partial charge in [-0.05, 0) is 48.0 Å². The van der Waals surface area contributed by atoms with Crippen LogP contribution in [0.3, 0.4) is 0 Å². The molecule has 0 bridgehead atoms. The zero-order valence-corrected chi connectivity index (χ0v) is 22.1. The lowest BCUT2D eigenvalue weighted by Gasteiger charge is -2.40. The van der Waals surface area contributed by atoms with Gasteiger partial charge in [0.15, 0.2) is 28.4 Å². The van der Waals surface area contributed by atoms with Gasteiger partial charge in [-0.2, -0.15) is 0 Å². The Bertz CT molecular complexity index is 1680. The average molecular weight is 595 g/mol. The lowest BCUT2D eigenvalue weighted by atomic mass is 9.99. The van der Waals surface area contributed by atoms with Gasteiger partial charge in [-0.3, -0.25) is 4.79 Å². The highest BCUT2D eigenvalue weighted by Crippen LogP contribution is 2.43. The third-order valence-electron chi connectivity index (χ3n) is 6.65. The second kappa shape index (κ2) is 12.0. The summed E-state index contributed by atoms with van der Waals surface area (Å²) in [6.07, 6.45) is -5.79. The van der Waals surface area contributed by atoms with E-state index >= 15 is 0 Å². The Morgan fingerprint density at radius 2 is 1.58 bits per heavy atom. The fourth-order valence-electron chi connectivity index (χ4n) is 4.37. The molecule has 0 unspecified atom stereocenters. The number of rotatable bonds is 7. The summed E-state index contributed by atoms with van der Waals surface area (Å²) in [5.41, 5.74) is 0.241. The Morgan fingerprint density at radius 3 is 2.30 bits per heavy atom. The average Bonchev–Trinajstić information content (AvgIpc) is 2.98. The van der Waals surface area contributed by atoms with E-state index in [9.17, 15) is 45.3 Å². The molecule has 5 atom stereocenters. The Hall–Kier alpha value is -5.08. The summed E-state index contributed by atoms with van der Waals surface area (Å²) in [7, 11) is 0. The minimum Gasteiger partial charge on any atom is -0.508 e. The van der Waals surface area contributed by atoms with Gasteiger partial charge in [-0.15, -0.1) is 0 Å². The molecule has 224 valence electrons. The molecule has 2 aliphatic heterocycles. The third-order valence-corrected chi connectivity index (χ3v) is 6.65. The number of phenolic OH excluding ortho intramolecular Hbond substituents is 4. The maximum absolute atomic E-state index is 12.2. The topological polar surface area (TPSA) is 217 Å². The van der Waals surface area contributed by atoms with E-state index in [-0.39, 0.29) is 34.1 Å². The van der Waals surface area contributed by atoms with Crippen molar-refractivity contribution in [3.63, 3.8) is 0 Å². The summed E-state index contributed by atoms with van der Waals surface area (Å²) in [6.45, 7) is -0.544. The van der Waals surface area contributed by atoms with Gasteiger partial charge in [-0.1, -0.05) is 12.1 Å². The van der Waals surface area contributed by atoms with Crippen molar-refractivity contribution < 1.29 is 59.2 Å². The van der Waals surface area contributed by atoms with Crippen molar-refractivity contribution in [3.05, 3.63) is 82.5 Å². The predicted molar refractivity (Wildman–Crippen MR) is 147 cm³/mol. The number of carbonyl (C=O) groups is 1. The van der Waals surface area contributed by atoms with E-state index in [0.29, 0.717) is 5.56 Å². The summed E-state index contributed by atoms with van der Waals surface area (Å²) in [4.78, 5) is 24.2. The second-order valence-corrected chi connectivity index (χ2v) is 9.68. The van der Waals surface area contributed by atoms with Gasteiger partial charge in [0.05, 0.1) is 5.56 Å². The highest BCUT2D eigenvalue weighted by atomic mass is 16.7. The Balaban J connectivity index is 1.40. The largest absolute Gasteiger partial charge is 0.508 e. The van der Waals surface area contributed by atoms with Crippen LogP contribution in [-0.2, 0) is 14.3 Å². The molecule has 1 fully saturated rings. The minimum absolute atomic E-state index is 0.0399. The van der Waals surface area contributed by atoms with Gasteiger partial charge in [0.1, 0.15) is 48.3 Å². The smallest absolute Gasteiger partial charge is 0.330 e. The van der Waals surface area contributed by atoms with Crippen molar-refractivity contribution in [2.75, 3.05) is 6.61 Å². The first-order valence-electron chi connectivity index (χ1n) is 12.8. The highest BCUT2D eigenvalue weighted by molar-refractivity contribution is 5.87. The van der Waals surface area contributed by atoms with Crippen LogP contribution < -0.4 is 10.2 Å². The number of carbonyl (C=O) groups excluding carboxylic acids is 1. The number of aromatic hydroxyl groups is 4. The molecule has 1 saturated heterocycles. The SMILES string of the molecule is O=C(/C=C/c1ccc(O)cc1)OC[C@H]1O[C@@H](Oc2cc3c(O)cc(=O)cc-3oc2-c2ccc(O)c(O)c2)[C@H](O)[C@@H](O)[C@@H]1O. The number of phenols is 4. The Labute approximate surface area is 242 Å². The number of ether oxygens (including phenoxy) is 3. The molecule has 13 heteroatoms. The normalized spacial score (nSPS) is 22.1. The molecule has 2 aromatic carbocycles. The third kappa shape index (κ3) is 6.39. The summed E-state index contributed by atoms with van der Waals surface area (Å²) in [5, 5.41) is 71.1.